The van der Waals surface area contributed by atoms with E-state index in [1.54, 1.807) is 0 Å². The van der Waals surface area contributed by atoms with Crippen molar-refractivity contribution in [3.8, 4) is 0 Å². The highest BCUT2D eigenvalue weighted by molar-refractivity contribution is 7.12. The zero-order valence-corrected chi connectivity index (χ0v) is 8.89. The van der Waals surface area contributed by atoms with E-state index in [9.17, 15) is 4.79 Å². The fourth-order valence-electron chi connectivity index (χ4n) is 1.52. The molecule has 14 heavy (non-hydrogen) atoms. The highest BCUT2D eigenvalue weighted by atomic mass is 32.1. The molecule has 0 amide bonds. The van der Waals surface area contributed by atoms with Gasteiger partial charge in [0.05, 0.1) is 24.1 Å². The van der Waals surface area contributed by atoms with Gasteiger partial charge in [0.1, 0.15) is 0 Å². The number of carbonyl (C=O) groups excluding carboxylic acids is 1. The topological polar surface area (TPSA) is 38.3 Å². The van der Waals surface area contributed by atoms with Crippen LogP contribution in [0, 0.1) is 6.92 Å². The van der Waals surface area contributed by atoms with E-state index in [2.05, 4.69) is 5.32 Å². The number of ketones is 1. The number of aryl methyl sites for hydroxylation is 1. The van der Waals surface area contributed by atoms with E-state index < -0.39 is 0 Å². The van der Waals surface area contributed by atoms with Crippen molar-refractivity contribution in [1.29, 1.82) is 0 Å². The fraction of sp³-hybridized carbons (Fsp3) is 0.500. The smallest absolute Gasteiger partial charge is 0.192 e. The van der Waals surface area contributed by atoms with Crippen LogP contribution >= 0.6 is 11.3 Å². The van der Waals surface area contributed by atoms with E-state index in [0.717, 1.165) is 17.0 Å². The molecule has 0 radical (unpaired) electrons. The average molecular weight is 211 g/mol. The van der Waals surface area contributed by atoms with Gasteiger partial charge in [-0.2, -0.15) is 0 Å². The molecule has 0 aliphatic carbocycles. The molecule has 1 aliphatic rings. The van der Waals surface area contributed by atoms with Gasteiger partial charge >= 0.3 is 0 Å². The maximum atomic E-state index is 11.9. The maximum absolute atomic E-state index is 11.9. The lowest BCUT2D eigenvalue weighted by Crippen LogP contribution is -2.46. The standard InChI is InChI=1S/C10H13NO2S/c1-7-2-5-14-10(7)9(12)8-6-13-4-3-11-8/h2,5,8,11H,3-4,6H2,1H3. The number of hydrogen-bond acceptors (Lipinski definition) is 4. The monoisotopic (exact) mass is 211 g/mol. The van der Waals surface area contributed by atoms with E-state index >= 15 is 0 Å². The average Bonchev–Trinajstić information content (AvgIpc) is 2.65. The first-order chi connectivity index (χ1) is 6.79. The Morgan fingerprint density at radius 3 is 3.14 bits per heavy atom. The summed E-state index contributed by atoms with van der Waals surface area (Å²) in [5.74, 6) is 0.164. The van der Waals surface area contributed by atoms with Crippen molar-refractivity contribution in [3.05, 3.63) is 21.9 Å². The summed E-state index contributed by atoms with van der Waals surface area (Å²) in [6, 6.07) is 1.82. The largest absolute Gasteiger partial charge is 0.378 e. The number of carbonyl (C=O) groups is 1. The molecule has 1 N–H and O–H groups in total. The van der Waals surface area contributed by atoms with Crippen LogP contribution < -0.4 is 5.32 Å². The van der Waals surface area contributed by atoms with Gasteiger partial charge < -0.3 is 10.1 Å². The summed E-state index contributed by atoms with van der Waals surface area (Å²) in [5, 5.41) is 5.12. The van der Waals surface area contributed by atoms with Crippen molar-refractivity contribution >= 4 is 17.1 Å². The molecule has 1 unspecified atom stereocenters. The van der Waals surface area contributed by atoms with Gasteiger partial charge in [-0.3, -0.25) is 4.79 Å². The zero-order chi connectivity index (χ0) is 9.97. The molecule has 1 atom stereocenters. The van der Waals surface area contributed by atoms with Crippen LogP contribution in [-0.2, 0) is 4.74 Å². The van der Waals surface area contributed by atoms with E-state index in [1.165, 1.54) is 11.3 Å². The summed E-state index contributed by atoms with van der Waals surface area (Å²) in [5.41, 5.74) is 1.06. The Morgan fingerprint density at radius 2 is 2.57 bits per heavy atom. The maximum Gasteiger partial charge on any atom is 0.192 e. The minimum absolute atomic E-state index is 0.152. The van der Waals surface area contributed by atoms with Gasteiger partial charge in [-0.1, -0.05) is 0 Å². The molecule has 1 saturated heterocycles. The normalized spacial score (nSPS) is 22.2. The van der Waals surface area contributed by atoms with Crippen LogP contribution in [0.5, 0.6) is 0 Å². The Labute approximate surface area is 87.1 Å². The Balaban J connectivity index is 2.11. The number of hydrogen-bond donors (Lipinski definition) is 1. The number of nitrogens with one attached hydrogen (secondary N) is 1. The van der Waals surface area contributed by atoms with Gasteiger partial charge in [0.25, 0.3) is 0 Å². The molecule has 1 aliphatic heterocycles. The quantitative estimate of drug-likeness (QED) is 0.748. The Kier molecular flexibility index (Phi) is 2.96. The number of ether oxygens (including phenoxy) is 1. The number of morpholine rings is 1. The first-order valence-corrected chi connectivity index (χ1v) is 5.56. The van der Waals surface area contributed by atoms with Crippen molar-refractivity contribution < 1.29 is 9.53 Å². The number of rotatable bonds is 2. The van der Waals surface area contributed by atoms with Gasteiger partial charge in [0.15, 0.2) is 5.78 Å². The van der Waals surface area contributed by atoms with Crippen LogP contribution in [0.2, 0.25) is 0 Å². The van der Waals surface area contributed by atoms with E-state index in [1.807, 2.05) is 18.4 Å². The molecule has 1 aromatic rings. The van der Waals surface area contributed by atoms with E-state index in [4.69, 9.17) is 4.74 Å². The predicted molar refractivity (Wildman–Crippen MR) is 56.0 cm³/mol. The van der Waals surface area contributed by atoms with Crippen molar-refractivity contribution in [3.63, 3.8) is 0 Å². The Morgan fingerprint density at radius 1 is 1.71 bits per heavy atom. The van der Waals surface area contributed by atoms with Gasteiger partial charge in [-0.05, 0) is 23.9 Å². The van der Waals surface area contributed by atoms with Crippen molar-refractivity contribution in [2.45, 2.75) is 13.0 Å². The summed E-state index contributed by atoms with van der Waals surface area (Å²) in [7, 11) is 0. The third-order valence-electron chi connectivity index (χ3n) is 2.32. The van der Waals surface area contributed by atoms with Gasteiger partial charge in [0.2, 0.25) is 0 Å². The predicted octanol–water partition coefficient (Wildman–Crippen LogP) is 1.23. The summed E-state index contributed by atoms with van der Waals surface area (Å²) < 4.78 is 5.26. The second-order valence-corrected chi connectivity index (χ2v) is 4.29. The molecule has 76 valence electrons. The highest BCUT2D eigenvalue weighted by Crippen LogP contribution is 2.18. The third-order valence-corrected chi connectivity index (χ3v) is 3.36. The molecular weight excluding hydrogens is 198 g/mol. The Bertz CT molecular complexity index is 329. The summed E-state index contributed by atoms with van der Waals surface area (Å²) in [6.07, 6.45) is 0. The third kappa shape index (κ3) is 1.87. The lowest BCUT2D eigenvalue weighted by atomic mass is 10.1. The molecular formula is C10H13NO2S. The first kappa shape index (κ1) is 9.83. The van der Waals surface area contributed by atoms with Gasteiger partial charge in [0, 0.05) is 6.54 Å². The second-order valence-electron chi connectivity index (χ2n) is 3.38. The van der Waals surface area contributed by atoms with Gasteiger partial charge in [-0.25, -0.2) is 0 Å². The molecule has 0 spiro atoms. The molecule has 1 fully saturated rings. The second kappa shape index (κ2) is 4.21. The van der Waals surface area contributed by atoms with Crippen LogP contribution in [0.4, 0.5) is 0 Å². The van der Waals surface area contributed by atoms with E-state index in [-0.39, 0.29) is 11.8 Å². The number of Topliss-reactive ketones (excluding diaryl/α,β-unsaturated/α-hetero) is 1. The molecule has 0 bridgehead atoms. The van der Waals surface area contributed by atoms with Crippen molar-refractivity contribution in [2.24, 2.45) is 0 Å². The molecule has 0 saturated carbocycles. The van der Waals surface area contributed by atoms with Crippen LogP contribution in [-0.4, -0.2) is 31.6 Å². The zero-order valence-electron chi connectivity index (χ0n) is 8.08. The summed E-state index contributed by atoms with van der Waals surface area (Å²) in [4.78, 5) is 12.8. The molecule has 1 aromatic heterocycles. The van der Waals surface area contributed by atoms with Crippen LogP contribution in [0.1, 0.15) is 15.2 Å². The summed E-state index contributed by atoms with van der Waals surface area (Å²) in [6.45, 7) is 3.93. The van der Waals surface area contributed by atoms with Crippen molar-refractivity contribution in [2.75, 3.05) is 19.8 Å². The molecule has 0 aromatic carbocycles. The van der Waals surface area contributed by atoms with E-state index in [0.29, 0.717) is 13.2 Å². The molecule has 4 heteroatoms. The molecule has 2 heterocycles. The first-order valence-electron chi connectivity index (χ1n) is 4.68. The van der Waals surface area contributed by atoms with Crippen LogP contribution in [0.25, 0.3) is 0 Å². The fourth-order valence-corrected chi connectivity index (χ4v) is 2.44. The Hall–Kier alpha value is -0.710. The summed E-state index contributed by atoms with van der Waals surface area (Å²) >= 11 is 1.51. The van der Waals surface area contributed by atoms with Crippen molar-refractivity contribution in [1.82, 2.24) is 5.32 Å². The van der Waals surface area contributed by atoms with Crippen LogP contribution in [0.15, 0.2) is 11.4 Å². The minimum atomic E-state index is -0.152. The lowest BCUT2D eigenvalue weighted by molar-refractivity contribution is 0.0610. The molecule has 2 rings (SSSR count). The van der Waals surface area contributed by atoms with Gasteiger partial charge in [-0.15, -0.1) is 11.3 Å². The minimum Gasteiger partial charge on any atom is -0.378 e. The van der Waals surface area contributed by atoms with Crippen LogP contribution in [0.3, 0.4) is 0 Å². The SMILES string of the molecule is Cc1ccsc1C(=O)C1COCCN1. The lowest BCUT2D eigenvalue weighted by Gasteiger charge is -2.22. The number of thiophene rings is 1. The highest BCUT2D eigenvalue weighted by Gasteiger charge is 2.24. The molecule has 3 nitrogen and oxygen atoms in total.